The number of hydrogen-bond donors (Lipinski definition) is 1. The molecule has 3 aromatic carbocycles. The van der Waals surface area contributed by atoms with Gasteiger partial charge in [-0.3, -0.25) is 4.79 Å². The summed E-state index contributed by atoms with van der Waals surface area (Å²) in [6.07, 6.45) is 1.34. The Hall–Kier alpha value is -2.42. The molecule has 33 heavy (non-hydrogen) atoms. The molecule has 6 nitrogen and oxygen atoms in total. The van der Waals surface area contributed by atoms with Crippen LogP contribution in [0.3, 0.4) is 0 Å². The lowest BCUT2D eigenvalue weighted by atomic mass is 10.2. The van der Waals surface area contributed by atoms with Crippen LogP contribution in [-0.2, 0) is 21.4 Å². The SMILES string of the molecule is Cc1ccc(S(=O)(=O)N(CC(=O)N/N=C\c2cccc(Cl)c2Cl)Cc2cccc(Cl)c2)cc1. The van der Waals surface area contributed by atoms with E-state index in [9.17, 15) is 13.2 Å². The summed E-state index contributed by atoms with van der Waals surface area (Å²) in [6.45, 7) is 1.36. The van der Waals surface area contributed by atoms with Crippen molar-refractivity contribution in [1.29, 1.82) is 0 Å². The summed E-state index contributed by atoms with van der Waals surface area (Å²) in [6, 6.07) is 18.2. The molecule has 0 aliphatic rings. The number of hydrogen-bond acceptors (Lipinski definition) is 4. The van der Waals surface area contributed by atoms with Crippen LogP contribution in [0.1, 0.15) is 16.7 Å². The highest BCUT2D eigenvalue weighted by atomic mass is 35.5. The number of nitrogens with one attached hydrogen (secondary N) is 1. The van der Waals surface area contributed by atoms with E-state index in [1.807, 2.05) is 6.92 Å². The summed E-state index contributed by atoms with van der Waals surface area (Å²) < 4.78 is 27.6. The smallest absolute Gasteiger partial charge is 0.255 e. The molecule has 0 unspecified atom stereocenters. The Bertz CT molecular complexity index is 1280. The fourth-order valence-electron chi connectivity index (χ4n) is 2.91. The number of rotatable bonds is 8. The molecule has 0 aliphatic heterocycles. The van der Waals surface area contributed by atoms with Crippen molar-refractivity contribution in [1.82, 2.24) is 9.73 Å². The molecule has 0 radical (unpaired) electrons. The molecular formula is C23H20Cl3N3O3S. The maximum atomic E-state index is 13.3. The van der Waals surface area contributed by atoms with Gasteiger partial charge in [0.05, 0.1) is 27.7 Å². The van der Waals surface area contributed by atoms with Gasteiger partial charge in [0.1, 0.15) is 0 Å². The molecule has 172 valence electrons. The summed E-state index contributed by atoms with van der Waals surface area (Å²) in [5.74, 6) is -0.623. The van der Waals surface area contributed by atoms with Gasteiger partial charge < -0.3 is 0 Å². The largest absolute Gasteiger partial charge is 0.272 e. The van der Waals surface area contributed by atoms with Crippen molar-refractivity contribution >= 4 is 56.9 Å². The second kappa shape index (κ2) is 11.1. The minimum Gasteiger partial charge on any atom is -0.272 e. The highest BCUT2D eigenvalue weighted by molar-refractivity contribution is 7.89. The van der Waals surface area contributed by atoms with E-state index < -0.39 is 22.5 Å². The van der Waals surface area contributed by atoms with Gasteiger partial charge in [0, 0.05) is 17.1 Å². The van der Waals surface area contributed by atoms with Crippen molar-refractivity contribution in [3.8, 4) is 0 Å². The van der Waals surface area contributed by atoms with Gasteiger partial charge in [-0.15, -0.1) is 0 Å². The predicted molar refractivity (Wildman–Crippen MR) is 132 cm³/mol. The number of nitrogens with zero attached hydrogens (tertiary/aromatic N) is 2. The van der Waals surface area contributed by atoms with Crippen LogP contribution in [0.2, 0.25) is 15.1 Å². The van der Waals surface area contributed by atoms with Gasteiger partial charge in [-0.2, -0.15) is 9.41 Å². The van der Waals surface area contributed by atoms with Crippen molar-refractivity contribution in [3.63, 3.8) is 0 Å². The van der Waals surface area contributed by atoms with Gasteiger partial charge in [-0.1, -0.05) is 76.8 Å². The van der Waals surface area contributed by atoms with Crippen LogP contribution in [0.4, 0.5) is 0 Å². The zero-order valence-electron chi connectivity index (χ0n) is 17.5. The van der Waals surface area contributed by atoms with Crippen LogP contribution in [0, 0.1) is 6.92 Å². The Morgan fingerprint density at radius 3 is 2.42 bits per heavy atom. The topological polar surface area (TPSA) is 78.8 Å². The second-order valence-electron chi connectivity index (χ2n) is 7.15. The van der Waals surface area contributed by atoms with E-state index in [1.165, 1.54) is 18.3 Å². The zero-order valence-corrected chi connectivity index (χ0v) is 20.6. The Balaban J connectivity index is 1.81. The van der Waals surface area contributed by atoms with E-state index in [1.54, 1.807) is 54.6 Å². The lowest BCUT2D eigenvalue weighted by molar-refractivity contribution is -0.121. The van der Waals surface area contributed by atoms with E-state index in [0.717, 1.165) is 9.87 Å². The number of sulfonamides is 1. The molecule has 1 amide bonds. The Kier molecular flexibility index (Phi) is 8.51. The molecule has 0 atom stereocenters. The van der Waals surface area contributed by atoms with E-state index in [4.69, 9.17) is 34.8 Å². The van der Waals surface area contributed by atoms with Crippen LogP contribution >= 0.6 is 34.8 Å². The fraction of sp³-hybridized carbons (Fsp3) is 0.130. The van der Waals surface area contributed by atoms with Crippen molar-refractivity contribution in [3.05, 3.63) is 98.5 Å². The van der Waals surface area contributed by atoms with Crippen LogP contribution in [0.15, 0.2) is 76.7 Å². The molecule has 0 saturated heterocycles. The molecule has 0 fully saturated rings. The van der Waals surface area contributed by atoms with Gasteiger partial charge in [0.15, 0.2) is 0 Å². The van der Waals surface area contributed by atoms with Gasteiger partial charge in [-0.25, -0.2) is 13.8 Å². The minimum atomic E-state index is -3.97. The number of hydrazone groups is 1. The normalized spacial score (nSPS) is 11.8. The van der Waals surface area contributed by atoms with Crippen molar-refractivity contribution in [2.45, 2.75) is 18.4 Å². The Morgan fingerprint density at radius 1 is 1.03 bits per heavy atom. The number of carbonyl (C=O) groups excluding carboxylic acids is 1. The summed E-state index contributed by atoms with van der Waals surface area (Å²) in [4.78, 5) is 12.6. The van der Waals surface area contributed by atoms with E-state index in [2.05, 4.69) is 10.5 Å². The molecule has 0 aliphatic carbocycles. The molecule has 0 saturated carbocycles. The van der Waals surface area contributed by atoms with Crippen LogP contribution in [0.5, 0.6) is 0 Å². The lowest BCUT2D eigenvalue weighted by Crippen LogP contribution is -2.39. The van der Waals surface area contributed by atoms with Crippen molar-refractivity contribution in [2.75, 3.05) is 6.54 Å². The number of benzene rings is 3. The van der Waals surface area contributed by atoms with Gasteiger partial charge >= 0.3 is 0 Å². The first-order valence-electron chi connectivity index (χ1n) is 9.74. The maximum absolute atomic E-state index is 13.3. The molecule has 0 spiro atoms. The lowest BCUT2D eigenvalue weighted by Gasteiger charge is -2.21. The van der Waals surface area contributed by atoms with E-state index >= 15 is 0 Å². The van der Waals surface area contributed by atoms with Gasteiger partial charge in [-0.05, 0) is 42.8 Å². The third-order valence-corrected chi connectivity index (χ3v) is 7.48. The molecule has 1 N–H and O–H groups in total. The summed E-state index contributed by atoms with van der Waals surface area (Å²) in [7, 11) is -3.97. The second-order valence-corrected chi connectivity index (χ2v) is 10.3. The Morgan fingerprint density at radius 2 is 1.73 bits per heavy atom. The quantitative estimate of drug-likeness (QED) is 0.321. The number of carbonyl (C=O) groups is 1. The number of aryl methyl sites for hydroxylation is 1. The summed E-state index contributed by atoms with van der Waals surface area (Å²) in [5, 5.41) is 4.98. The number of amides is 1. The molecule has 3 rings (SSSR count). The van der Waals surface area contributed by atoms with Crippen molar-refractivity contribution in [2.24, 2.45) is 5.10 Å². The first kappa shape index (κ1) is 25.2. The van der Waals surface area contributed by atoms with Crippen LogP contribution in [0.25, 0.3) is 0 Å². The fourth-order valence-corrected chi connectivity index (χ4v) is 4.87. The molecule has 0 aromatic heterocycles. The van der Waals surface area contributed by atoms with Crippen LogP contribution in [-0.4, -0.2) is 31.4 Å². The standard InChI is InChI=1S/C23H20Cl3N3O3S/c1-16-8-10-20(11-9-16)33(31,32)29(14-17-4-2-6-19(24)12-17)15-22(30)28-27-13-18-5-3-7-21(25)23(18)26/h2-13H,14-15H2,1H3,(H,28,30)/b27-13-. The maximum Gasteiger partial charge on any atom is 0.255 e. The molecule has 3 aromatic rings. The molecule has 10 heteroatoms. The van der Waals surface area contributed by atoms with E-state index in [0.29, 0.717) is 26.2 Å². The first-order valence-corrected chi connectivity index (χ1v) is 12.3. The monoisotopic (exact) mass is 523 g/mol. The first-order chi connectivity index (χ1) is 15.7. The highest BCUT2D eigenvalue weighted by Crippen LogP contribution is 2.24. The van der Waals surface area contributed by atoms with Crippen molar-refractivity contribution < 1.29 is 13.2 Å². The average Bonchev–Trinajstić information content (AvgIpc) is 2.76. The summed E-state index contributed by atoms with van der Waals surface area (Å²) >= 11 is 18.1. The molecule has 0 heterocycles. The van der Waals surface area contributed by atoms with E-state index in [-0.39, 0.29) is 11.4 Å². The van der Waals surface area contributed by atoms with Gasteiger partial charge in [0.25, 0.3) is 5.91 Å². The third kappa shape index (κ3) is 6.79. The minimum absolute atomic E-state index is 0.0476. The third-order valence-electron chi connectivity index (χ3n) is 4.60. The highest BCUT2D eigenvalue weighted by Gasteiger charge is 2.27. The zero-order chi connectivity index (χ0) is 24.0. The van der Waals surface area contributed by atoms with Crippen LogP contribution < -0.4 is 5.43 Å². The molecular weight excluding hydrogens is 505 g/mol. The summed E-state index contributed by atoms with van der Waals surface area (Å²) in [5.41, 5.74) is 4.40. The van der Waals surface area contributed by atoms with Gasteiger partial charge in [0.2, 0.25) is 10.0 Å². The number of halogens is 3. The molecule has 0 bridgehead atoms. The Labute approximate surface area is 207 Å². The predicted octanol–water partition coefficient (Wildman–Crippen LogP) is 5.30. The average molecular weight is 525 g/mol.